The van der Waals surface area contributed by atoms with Gasteiger partial charge in [0.1, 0.15) is 0 Å². The molecule has 0 radical (unpaired) electrons. The van der Waals surface area contributed by atoms with Crippen LogP contribution >= 0.6 is 0 Å². The summed E-state index contributed by atoms with van der Waals surface area (Å²) in [7, 11) is 0. The molecule has 2 heteroatoms. The maximum absolute atomic E-state index is 3.71. The molecule has 3 rings (SSSR count). The molecule has 2 fully saturated rings. The van der Waals surface area contributed by atoms with E-state index in [1.165, 1.54) is 57.3 Å². The van der Waals surface area contributed by atoms with Crippen molar-refractivity contribution < 1.29 is 0 Å². The average molecular weight is 286 g/mol. The van der Waals surface area contributed by atoms with Crippen molar-refractivity contribution in [2.24, 2.45) is 5.41 Å². The van der Waals surface area contributed by atoms with Gasteiger partial charge in [0.15, 0.2) is 0 Å². The Bertz CT molecular complexity index is 422. The lowest BCUT2D eigenvalue weighted by molar-refractivity contribution is 0.115. The Hall–Kier alpha value is -0.860. The molecule has 21 heavy (non-hydrogen) atoms. The van der Waals surface area contributed by atoms with Crippen LogP contribution in [0, 0.1) is 5.41 Å². The van der Waals surface area contributed by atoms with E-state index >= 15 is 0 Å². The van der Waals surface area contributed by atoms with Gasteiger partial charge in [0.25, 0.3) is 0 Å². The molecule has 1 unspecified atom stereocenters. The summed E-state index contributed by atoms with van der Waals surface area (Å²) in [6, 6.07) is 11.5. The van der Waals surface area contributed by atoms with Crippen molar-refractivity contribution >= 4 is 0 Å². The Morgan fingerprint density at radius 2 is 1.95 bits per heavy atom. The summed E-state index contributed by atoms with van der Waals surface area (Å²) >= 11 is 0. The quantitative estimate of drug-likeness (QED) is 0.891. The molecule has 1 N–H and O–H groups in total. The summed E-state index contributed by atoms with van der Waals surface area (Å²) in [6.45, 7) is 7.33. The summed E-state index contributed by atoms with van der Waals surface area (Å²) in [6.07, 6.45) is 8.34. The molecule has 1 saturated heterocycles. The summed E-state index contributed by atoms with van der Waals surface area (Å²) in [5, 5.41) is 3.71. The molecule has 1 aliphatic carbocycles. The van der Waals surface area contributed by atoms with Crippen molar-refractivity contribution in [3.05, 3.63) is 35.9 Å². The molecule has 1 aromatic rings. The first-order chi connectivity index (χ1) is 10.3. The van der Waals surface area contributed by atoms with E-state index in [-0.39, 0.29) is 0 Å². The molecule has 2 nitrogen and oxygen atoms in total. The molecule has 0 spiro atoms. The maximum atomic E-state index is 3.71. The fourth-order valence-corrected chi connectivity index (χ4v) is 4.30. The number of nitrogens with one attached hydrogen (secondary N) is 1. The van der Waals surface area contributed by atoms with Gasteiger partial charge in [0, 0.05) is 32.2 Å². The lowest BCUT2D eigenvalue weighted by Crippen LogP contribution is -2.53. The lowest BCUT2D eigenvalue weighted by atomic mass is 9.82. The van der Waals surface area contributed by atoms with Gasteiger partial charge in [-0.1, -0.05) is 50.1 Å². The largest absolute Gasteiger partial charge is 0.311 e. The van der Waals surface area contributed by atoms with E-state index in [1.807, 2.05) is 0 Å². The maximum Gasteiger partial charge on any atom is 0.0235 e. The standard InChI is InChI=1S/C19H30N2/c1-2-19(10-6-7-11-19)16-21-13-12-20-18(15-21)14-17-8-4-3-5-9-17/h3-5,8-9,18,20H,2,6-7,10-16H2,1H3. The van der Waals surface area contributed by atoms with Crippen LogP contribution < -0.4 is 5.32 Å². The second kappa shape index (κ2) is 6.93. The average Bonchev–Trinajstić information content (AvgIpc) is 2.98. The summed E-state index contributed by atoms with van der Waals surface area (Å²) in [4.78, 5) is 2.74. The van der Waals surface area contributed by atoms with Gasteiger partial charge in [-0.3, -0.25) is 4.90 Å². The number of nitrogens with zero attached hydrogens (tertiary/aromatic N) is 1. The second-order valence-corrected chi connectivity index (χ2v) is 7.14. The van der Waals surface area contributed by atoms with Gasteiger partial charge in [0.05, 0.1) is 0 Å². The van der Waals surface area contributed by atoms with E-state index in [0.717, 1.165) is 13.0 Å². The SMILES string of the molecule is CCC1(CN2CCNC(Cc3ccccc3)C2)CCCC1. The predicted molar refractivity (Wildman–Crippen MR) is 89.6 cm³/mol. The summed E-state index contributed by atoms with van der Waals surface area (Å²) in [5.41, 5.74) is 2.09. The van der Waals surface area contributed by atoms with Crippen molar-refractivity contribution in [1.29, 1.82) is 0 Å². The first-order valence-electron chi connectivity index (χ1n) is 8.79. The van der Waals surface area contributed by atoms with Crippen molar-refractivity contribution in [2.45, 2.75) is 51.5 Å². The van der Waals surface area contributed by atoms with Gasteiger partial charge in [-0.05, 0) is 36.7 Å². The molecular weight excluding hydrogens is 256 g/mol. The van der Waals surface area contributed by atoms with Crippen LogP contribution in [-0.4, -0.2) is 37.1 Å². The Kier molecular flexibility index (Phi) is 4.97. The Morgan fingerprint density at radius 3 is 2.67 bits per heavy atom. The number of hydrogen-bond donors (Lipinski definition) is 1. The third-order valence-corrected chi connectivity index (χ3v) is 5.64. The van der Waals surface area contributed by atoms with Crippen molar-refractivity contribution in [3.63, 3.8) is 0 Å². The Balaban J connectivity index is 1.55. The highest BCUT2D eigenvalue weighted by atomic mass is 15.2. The van der Waals surface area contributed by atoms with Crippen molar-refractivity contribution in [3.8, 4) is 0 Å². The molecule has 0 aromatic heterocycles. The molecule has 0 amide bonds. The highest BCUT2D eigenvalue weighted by Gasteiger charge is 2.34. The van der Waals surface area contributed by atoms with E-state index in [1.54, 1.807) is 0 Å². The molecule has 1 aromatic carbocycles. The lowest BCUT2D eigenvalue weighted by Gasteiger charge is -2.40. The first kappa shape index (κ1) is 15.1. The molecule has 2 aliphatic rings. The van der Waals surface area contributed by atoms with Crippen LogP contribution in [0.2, 0.25) is 0 Å². The Labute approximate surface area is 129 Å². The van der Waals surface area contributed by atoms with Gasteiger partial charge < -0.3 is 5.32 Å². The molecule has 1 aliphatic heterocycles. The number of piperazine rings is 1. The van der Waals surface area contributed by atoms with Crippen LogP contribution in [0.25, 0.3) is 0 Å². The fourth-order valence-electron chi connectivity index (χ4n) is 4.30. The van der Waals surface area contributed by atoms with Crippen LogP contribution in [0.3, 0.4) is 0 Å². The smallest absolute Gasteiger partial charge is 0.0235 e. The van der Waals surface area contributed by atoms with E-state index in [2.05, 4.69) is 47.5 Å². The van der Waals surface area contributed by atoms with Crippen LogP contribution in [0.1, 0.15) is 44.6 Å². The van der Waals surface area contributed by atoms with Crippen molar-refractivity contribution in [2.75, 3.05) is 26.2 Å². The number of benzene rings is 1. The zero-order chi connectivity index (χ0) is 14.5. The van der Waals surface area contributed by atoms with Crippen molar-refractivity contribution in [1.82, 2.24) is 10.2 Å². The van der Waals surface area contributed by atoms with Crippen LogP contribution in [0.5, 0.6) is 0 Å². The van der Waals surface area contributed by atoms with Gasteiger partial charge in [-0.15, -0.1) is 0 Å². The number of hydrogen-bond acceptors (Lipinski definition) is 2. The first-order valence-corrected chi connectivity index (χ1v) is 8.79. The Morgan fingerprint density at radius 1 is 1.19 bits per heavy atom. The van der Waals surface area contributed by atoms with Gasteiger partial charge in [0.2, 0.25) is 0 Å². The van der Waals surface area contributed by atoms with E-state index in [4.69, 9.17) is 0 Å². The number of rotatable bonds is 5. The summed E-state index contributed by atoms with van der Waals surface area (Å²) < 4.78 is 0. The van der Waals surface area contributed by atoms with E-state index in [9.17, 15) is 0 Å². The second-order valence-electron chi connectivity index (χ2n) is 7.14. The highest BCUT2D eigenvalue weighted by molar-refractivity contribution is 5.16. The highest BCUT2D eigenvalue weighted by Crippen LogP contribution is 2.41. The third kappa shape index (κ3) is 3.87. The zero-order valence-corrected chi connectivity index (χ0v) is 13.5. The monoisotopic (exact) mass is 286 g/mol. The van der Waals surface area contributed by atoms with Gasteiger partial charge >= 0.3 is 0 Å². The summed E-state index contributed by atoms with van der Waals surface area (Å²) in [5.74, 6) is 0. The minimum absolute atomic E-state index is 0.622. The van der Waals surface area contributed by atoms with E-state index < -0.39 is 0 Å². The topological polar surface area (TPSA) is 15.3 Å². The molecule has 116 valence electrons. The molecule has 1 atom stereocenters. The van der Waals surface area contributed by atoms with Crippen LogP contribution in [-0.2, 0) is 6.42 Å². The van der Waals surface area contributed by atoms with E-state index in [0.29, 0.717) is 11.5 Å². The molecule has 0 bridgehead atoms. The molecule has 1 heterocycles. The molecule has 1 saturated carbocycles. The zero-order valence-electron chi connectivity index (χ0n) is 13.5. The van der Waals surface area contributed by atoms with Gasteiger partial charge in [-0.2, -0.15) is 0 Å². The third-order valence-electron chi connectivity index (χ3n) is 5.64. The fraction of sp³-hybridized carbons (Fsp3) is 0.684. The predicted octanol–water partition coefficient (Wildman–Crippen LogP) is 3.47. The molecular formula is C19H30N2. The van der Waals surface area contributed by atoms with Crippen LogP contribution in [0.15, 0.2) is 30.3 Å². The minimum atomic E-state index is 0.622. The minimum Gasteiger partial charge on any atom is -0.311 e. The normalized spacial score (nSPS) is 26.0. The van der Waals surface area contributed by atoms with Gasteiger partial charge in [-0.25, -0.2) is 0 Å². The van der Waals surface area contributed by atoms with Crippen LogP contribution in [0.4, 0.5) is 0 Å².